The molecule has 7 nitrogen and oxygen atoms in total. The molecule has 0 aromatic heterocycles. The third-order valence-corrected chi connectivity index (χ3v) is 4.27. The molecule has 0 bridgehead atoms. The van der Waals surface area contributed by atoms with Crippen LogP contribution in [0.1, 0.15) is 22.0 Å². The predicted molar refractivity (Wildman–Crippen MR) is 99.3 cm³/mol. The lowest BCUT2D eigenvalue weighted by molar-refractivity contribution is 0.0955. The predicted octanol–water partition coefficient (Wildman–Crippen LogP) is 1.88. The number of carbonyl (C=O) groups is 1. The Kier molecular flexibility index (Phi) is 5.83. The molecule has 0 spiro atoms. The van der Waals surface area contributed by atoms with Crippen LogP contribution in [-0.4, -0.2) is 32.9 Å². The van der Waals surface area contributed by atoms with Crippen LogP contribution in [0.5, 0.6) is 11.5 Å². The highest BCUT2D eigenvalue weighted by molar-refractivity contribution is 5.94. The van der Waals surface area contributed by atoms with E-state index in [1.165, 1.54) is 0 Å². The number of hydrazine groups is 1. The molecular formula is C19H22N4O3. The van der Waals surface area contributed by atoms with Crippen LogP contribution in [0, 0.1) is 5.92 Å². The van der Waals surface area contributed by atoms with Crippen molar-refractivity contribution in [3.05, 3.63) is 59.7 Å². The molecule has 2 aromatic rings. The lowest BCUT2D eigenvalue weighted by Gasteiger charge is -2.19. The molecule has 3 rings (SSSR count). The smallest absolute Gasteiger partial charge is 0.271 e. The van der Waals surface area contributed by atoms with Gasteiger partial charge in [0, 0.05) is 35.9 Å². The van der Waals surface area contributed by atoms with Gasteiger partial charge >= 0.3 is 0 Å². The van der Waals surface area contributed by atoms with E-state index in [2.05, 4.69) is 21.4 Å². The first-order valence-corrected chi connectivity index (χ1v) is 8.32. The summed E-state index contributed by atoms with van der Waals surface area (Å²) in [6, 6.07) is 14.7. The molecule has 26 heavy (non-hydrogen) atoms. The van der Waals surface area contributed by atoms with Gasteiger partial charge in [-0.2, -0.15) is 5.10 Å². The number of amides is 1. The van der Waals surface area contributed by atoms with Gasteiger partial charge in [-0.1, -0.05) is 18.2 Å². The molecule has 0 saturated carbocycles. The van der Waals surface area contributed by atoms with Gasteiger partial charge in [0.05, 0.1) is 20.3 Å². The maximum absolute atomic E-state index is 12.1. The Bertz CT molecular complexity index is 780. The highest BCUT2D eigenvalue weighted by Crippen LogP contribution is 2.33. The number of methoxy groups -OCH3 is 2. The van der Waals surface area contributed by atoms with E-state index >= 15 is 0 Å². The molecule has 1 aliphatic rings. The van der Waals surface area contributed by atoms with E-state index in [0.717, 1.165) is 17.1 Å². The van der Waals surface area contributed by atoms with Crippen LogP contribution in [0.3, 0.4) is 0 Å². The zero-order chi connectivity index (χ0) is 18.4. The van der Waals surface area contributed by atoms with E-state index in [1.54, 1.807) is 32.6 Å². The highest BCUT2D eigenvalue weighted by atomic mass is 16.5. The quantitative estimate of drug-likeness (QED) is 0.545. The second kappa shape index (κ2) is 8.46. The van der Waals surface area contributed by atoms with E-state index in [4.69, 9.17) is 9.47 Å². The molecular weight excluding hydrogens is 332 g/mol. The Labute approximate surface area is 152 Å². The van der Waals surface area contributed by atoms with Gasteiger partial charge < -0.3 is 9.47 Å². The van der Waals surface area contributed by atoms with Gasteiger partial charge in [-0.3, -0.25) is 10.2 Å². The van der Waals surface area contributed by atoms with Crippen LogP contribution < -0.4 is 25.8 Å². The molecule has 7 heteroatoms. The van der Waals surface area contributed by atoms with Crippen molar-refractivity contribution in [2.45, 2.75) is 6.04 Å². The molecule has 136 valence electrons. The third kappa shape index (κ3) is 4.01. The van der Waals surface area contributed by atoms with Crippen molar-refractivity contribution in [1.29, 1.82) is 0 Å². The van der Waals surface area contributed by atoms with E-state index < -0.39 is 0 Å². The summed E-state index contributed by atoms with van der Waals surface area (Å²) in [7, 11) is 3.25. The molecule has 1 aliphatic heterocycles. The number of nitrogens with one attached hydrogen (secondary N) is 3. The SMILES string of the molecule is COc1ccc(C2NNCC2/C=N/NC(=O)c2ccccc2)c(OC)c1. The highest BCUT2D eigenvalue weighted by Gasteiger charge is 2.29. The molecule has 0 radical (unpaired) electrons. The maximum atomic E-state index is 12.1. The molecule has 2 aromatic carbocycles. The van der Waals surface area contributed by atoms with Crippen LogP contribution in [0.25, 0.3) is 0 Å². The molecule has 1 fully saturated rings. The van der Waals surface area contributed by atoms with Gasteiger partial charge in [0.25, 0.3) is 5.91 Å². The maximum Gasteiger partial charge on any atom is 0.271 e. The Hall–Kier alpha value is -2.90. The summed E-state index contributed by atoms with van der Waals surface area (Å²) in [6.07, 6.45) is 1.74. The largest absolute Gasteiger partial charge is 0.497 e. The zero-order valence-corrected chi connectivity index (χ0v) is 14.7. The fourth-order valence-electron chi connectivity index (χ4n) is 2.88. The summed E-state index contributed by atoms with van der Waals surface area (Å²) in [5.41, 5.74) is 10.5. The van der Waals surface area contributed by atoms with Crippen molar-refractivity contribution >= 4 is 12.1 Å². The van der Waals surface area contributed by atoms with Crippen LogP contribution >= 0.6 is 0 Å². The summed E-state index contributed by atoms with van der Waals surface area (Å²) >= 11 is 0. The summed E-state index contributed by atoms with van der Waals surface area (Å²) in [5, 5.41) is 4.12. The summed E-state index contributed by atoms with van der Waals surface area (Å²) in [4.78, 5) is 12.1. The number of hydrazone groups is 1. The second-order valence-electron chi connectivity index (χ2n) is 5.86. The van der Waals surface area contributed by atoms with E-state index in [-0.39, 0.29) is 17.9 Å². The number of carbonyl (C=O) groups excluding carboxylic acids is 1. The molecule has 1 saturated heterocycles. The van der Waals surface area contributed by atoms with Crippen molar-refractivity contribution in [3.63, 3.8) is 0 Å². The average Bonchev–Trinajstić information content (AvgIpc) is 3.16. The number of rotatable bonds is 6. The normalized spacial score (nSPS) is 19.5. The standard InChI is InChI=1S/C19H22N4O3/c1-25-15-8-9-16(17(10-15)26-2)18-14(11-20-22-18)12-21-23-19(24)13-6-4-3-5-7-13/h3-10,12,14,18,20,22H,11H2,1-2H3,(H,23,24)/b21-12+. The van der Waals surface area contributed by atoms with E-state index in [1.807, 2.05) is 36.4 Å². The second-order valence-corrected chi connectivity index (χ2v) is 5.86. The van der Waals surface area contributed by atoms with Crippen LogP contribution in [0.4, 0.5) is 0 Å². The van der Waals surface area contributed by atoms with Crippen molar-refractivity contribution < 1.29 is 14.3 Å². The monoisotopic (exact) mass is 354 g/mol. The van der Waals surface area contributed by atoms with Crippen molar-refractivity contribution in [2.75, 3.05) is 20.8 Å². The first-order valence-electron chi connectivity index (χ1n) is 8.32. The summed E-state index contributed by atoms with van der Waals surface area (Å²) < 4.78 is 10.7. The van der Waals surface area contributed by atoms with Crippen LogP contribution in [0.15, 0.2) is 53.6 Å². The molecule has 2 atom stereocenters. The Morgan fingerprint density at radius 2 is 2.00 bits per heavy atom. The molecule has 1 heterocycles. The first kappa shape index (κ1) is 17.9. The number of hydrogen-bond donors (Lipinski definition) is 3. The van der Waals surface area contributed by atoms with Gasteiger partial charge in [0.15, 0.2) is 0 Å². The fraction of sp³-hybridized carbons (Fsp3) is 0.263. The molecule has 0 aliphatic carbocycles. The average molecular weight is 354 g/mol. The minimum absolute atomic E-state index is 0.0340. The Morgan fingerprint density at radius 1 is 1.19 bits per heavy atom. The van der Waals surface area contributed by atoms with E-state index in [0.29, 0.717) is 12.1 Å². The number of ether oxygens (including phenoxy) is 2. The minimum Gasteiger partial charge on any atom is -0.497 e. The van der Waals surface area contributed by atoms with E-state index in [9.17, 15) is 4.79 Å². The van der Waals surface area contributed by atoms with Gasteiger partial charge in [0.2, 0.25) is 0 Å². The first-order chi connectivity index (χ1) is 12.7. The van der Waals surface area contributed by atoms with Gasteiger partial charge in [-0.05, 0) is 24.3 Å². The molecule has 3 N–H and O–H groups in total. The summed E-state index contributed by atoms with van der Waals surface area (Å²) in [6.45, 7) is 0.685. The zero-order valence-electron chi connectivity index (χ0n) is 14.7. The van der Waals surface area contributed by atoms with Gasteiger partial charge in [-0.25, -0.2) is 10.9 Å². The van der Waals surface area contributed by atoms with Crippen LogP contribution in [-0.2, 0) is 0 Å². The van der Waals surface area contributed by atoms with Crippen LogP contribution in [0.2, 0.25) is 0 Å². The minimum atomic E-state index is -0.237. The third-order valence-electron chi connectivity index (χ3n) is 4.27. The van der Waals surface area contributed by atoms with Gasteiger partial charge in [0.1, 0.15) is 11.5 Å². The topological polar surface area (TPSA) is 84.0 Å². The lowest BCUT2D eigenvalue weighted by atomic mass is 9.95. The Morgan fingerprint density at radius 3 is 2.73 bits per heavy atom. The molecule has 1 amide bonds. The lowest BCUT2D eigenvalue weighted by Crippen LogP contribution is -2.25. The fourth-order valence-corrected chi connectivity index (χ4v) is 2.88. The number of nitrogens with zero attached hydrogens (tertiary/aromatic N) is 1. The van der Waals surface area contributed by atoms with Crippen molar-refractivity contribution in [2.24, 2.45) is 11.0 Å². The number of hydrogen-bond acceptors (Lipinski definition) is 6. The summed E-state index contributed by atoms with van der Waals surface area (Å²) in [5.74, 6) is 1.28. The number of benzene rings is 2. The van der Waals surface area contributed by atoms with Crippen molar-refractivity contribution in [3.8, 4) is 11.5 Å². The molecule has 2 unspecified atom stereocenters. The van der Waals surface area contributed by atoms with Gasteiger partial charge in [-0.15, -0.1) is 0 Å². The van der Waals surface area contributed by atoms with Crippen molar-refractivity contribution in [1.82, 2.24) is 16.3 Å². The Balaban J connectivity index is 1.69.